The van der Waals surface area contributed by atoms with E-state index >= 15 is 0 Å². The van der Waals surface area contributed by atoms with Crippen LogP contribution in [0.5, 0.6) is 11.5 Å². The molecule has 0 saturated carbocycles. The maximum Gasteiger partial charge on any atom is 4.00 e. The number of para-hydroxylation sites is 3. The summed E-state index contributed by atoms with van der Waals surface area (Å²) in [6.07, 6.45) is 6.16. The third-order valence-electron chi connectivity index (χ3n) is 7.51. The number of nitrogens with zero attached hydrogens (tertiary/aromatic N) is 4. The van der Waals surface area contributed by atoms with E-state index in [0.717, 1.165) is 39.3 Å². The van der Waals surface area contributed by atoms with Gasteiger partial charge in [-0.1, -0.05) is 86.6 Å². The molecule has 2 aliphatic rings. The van der Waals surface area contributed by atoms with Crippen LogP contribution in [0.4, 0.5) is 17.1 Å². The Morgan fingerprint density at radius 2 is 1.66 bits per heavy atom. The van der Waals surface area contributed by atoms with E-state index in [-0.39, 0.29) is 26.5 Å². The zero-order chi connectivity index (χ0) is 27.4. The number of aromatic nitrogens is 1. The molecule has 206 valence electrons. The van der Waals surface area contributed by atoms with Gasteiger partial charge in [0.1, 0.15) is 0 Å². The van der Waals surface area contributed by atoms with Crippen LogP contribution in [0.2, 0.25) is 0 Å². The average molecular weight is 718 g/mol. The van der Waals surface area contributed by atoms with Gasteiger partial charge in [0, 0.05) is 22.9 Å². The first-order valence-electron chi connectivity index (χ1n) is 13.6. The second kappa shape index (κ2) is 10.5. The maximum absolute atomic E-state index is 6.53. The number of fused-ring (bicyclic) bond motifs is 4. The van der Waals surface area contributed by atoms with Crippen molar-refractivity contribution in [2.24, 2.45) is 0 Å². The first-order valence-corrected chi connectivity index (χ1v) is 13.6. The molecule has 0 aliphatic carbocycles. The summed E-state index contributed by atoms with van der Waals surface area (Å²) in [5, 5.41) is 7.05. The Hall–Kier alpha value is -3.95. The Labute approximate surface area is 256 Å². The molecule has 0 fully saturated rings. The topological polar surface area (TPSA) is 34.7 Å². The molecule has 6 heteroatoms. The summed E-state index contributed by atoms with van der Waals surface area (Å²) in [4.78, 5) is 4.31. The maximum atomic E-state index is 6.53. The number of hydrogen-bond acceptors (Lipinski definition) is 3. The van der Waals surface area contributed by atoms with Crippen molar-refractivity contribution >= 4 is 44.7 Å². The van der Waals surface area contributed by atoms with E-state index < -0.39 is 0 Å². The molecule has 7 rings (SSSR count). The van der Waals surface area contributed by atoms with Crippen molar-refractivity contribution in [3.63, 3.8) is 0 Å². The van der Waals surface area contributed by atoms with Crippen LogP contribution in [0.1, 0.15) is 26.3 Å². The Balaban J connectivity index is 0.00000302. The van der Waals surface area contributed by atoms with Crippen molar-refractivity contribution in [1.82, 2.24) is 4.57 Å². The van der Waals surface area contributed by atoms with Crippen molar-refractivity contribution in [2.75, 3.05) is 23.4 Å². The number of rotatable bonds is 4. The van der Waals surface area contributed by atoms with Crippen LogP contribution < -0.4 is 14.5 Å². The number of allylic oxidation sites excluding steroid dienone is 2. The van der Waals surface area contributed by atoms with Gasteiger partial charge < -0.3 is 24.4 Å². The third kappa shape index (κ3) is 4.83. The van der Waals surface area contributed by atoms with Gasteiger partial charge >= 0.3 is 21.1 Å². The van der Waals surface area contributed by atoms with Crippen LogP contribution in [-0.4, -0.2) is 18.2 Å². The largest absolute Gasteiger partial charge is 4.00 e. The Morgan fingerprint density at radius 1 is 0.878 bits per heavy atom. The van der Waals surface area contributed by atoms with Gasteiger partial charge in [0.15, 0.2) is 0 Å². The molecule has 0 unspecified atom stereocenters. The van der Waals surface area contributed by atoms with Crippen LogP contribution in [0.25, 0.3) is 32.9 Å². The Morgan fingerprint density at radius 3 is 2.44 bits per heavy atom. The van der Waals surface area contributed by atoms with E-state index in [2.05, 4.69) is 140 Å². The van der Waals surface area contributed by atoms with Crippen LogP contribution in [0.3, 0.4) is 0 Å². The van der Waals surface area contributed by atoms with Gasteiger partial charge in [-0.05, 0) is 36.7 Å². The minimum Gasteiger partial charge on any atom is -0.509 e. The molecule has 0 amide bonds. The second-order valence-corrected chi connectivity index (χ2v) is 11.3. The minimum atomic E-state index is -0.0737. The van der Waals surface area contributed by atoms with Crippen LogP contribution in [0.15, 0.2) is 91.0 Å². The summed E-state index contributed by atoms with van der Waals surface area (Å²) in [7, 11) is 2.07. The molecule has 5 nitrogen and oxygen atoms in total. The number of anilines is 3. The van der Waals surface area contributed by atoms with E-state index in [4.69, 9.17) is 10.1 Å². The van der Waals surface area contributed by atoms with Gasteiger partial charge in [0.25, 0.3) is 0 Å². The average Bonchev–Trinajstić information content (AvgIpc) is 3.47. The third-order valence-corrected chi connectivity index (χ3v) is 7.51. The predicted molar refractivity (Wildman–Crippen MR) is 165 cm³/mol. The predicted octanol–water partition coefficient (Wildman–Crippen LogP) is 8.93. The zero-order valence-electron chi connectivity index (χ0n) is 23.5. The molecule has 0 atom stereocenters. The first-order chi connectivity index (χ1) is 19.4. The zero-order valence-corrected chi connectivity index (χ0v) is 25.7. The van der Waals surface area contributed by atoms with Crippen molar-refractivity contribution in [1.29, 1.82) is 0 Å². The molecule has 5 aromatic rings. The van der Waals surface area contributed by atoms with Crippen molar-refractivity contribution in [3.05, 3.63) is 121 Å². The van der Waals surface area contributed by atoms with Gasteiger partial charge in [-0.3, -0.25) is 0 Å². The molecule has 0 radical (unpaired) electrons. The quantitative estimate of drug-likeness (QED) is 0.174. The monoisotopic (exact) mass is 717 g/mol. The molecule has 0 N–H and O–H groups in total. The van der Waals surface area contributed by atoms with E-state index in [0.29, 0.717) is 18.0 Å². The fourth-order valence-corrected chi connectivity index (χ4v) is 5.45. The van der Waals surface area contributed by atoms with Gasteiger partial charge in [0.05, 0.1) is 0 Å². The van der Waals surface area contributed by atoms with Gasteiger partial charge in [-0.15, -0.1) is 52.5 Å². The van der Waals surface area contributed by atoms with Gasteiger partial charge in [-0.25, -0.2) is 0 Å². The van der Waals surface area contributed by atoms with E-state index in [1.165, 1.54) is 10.9 Å². The molecular weight excluding hydrogens is 687 g/mol. The van der Waals surface area contributed by atoms with Gasteiger partial charge in [0.2, 0.25) is 0 Å². The minimum absolute atomic E-state index is 0. The molecule has 0 saturated heterocycles. The summed E-state index contributed by atoms with van der Waals surface area (Å²) in [6.45, 7) is 9.42. The molecule has 3 heterocycles. The van der Waals surface area contributed by atoms with Crippen LogP contribution >= 0.6 is 0 Å². The van der Waals surface area contributed by atoms with Crippen molar-refractivity contribution in [3.8, 4) is 11.5 Å². The number of benzene rings is 4. The number of hydrogen-bond donors (Lipinski definition) is 0. The fourth-order valence-electron chi connectivity index (χ4n) is 5.45. The van der Waals surface area contributed by atoms with Crippen molar-refractivity contribution in [2.45, 2.75) is 26.2 Å². The summed E-state index contributed by atoms with van der Waals surface area (Å²) in [6, 6.07) is 32.3. The van der Waals surface area contributed by atoms with E-state index in [1.54, 1.807) is 0 Å². The summed E-state index contributed by atoms with van der Waals surface area (Å²) in [5.74, 6) is 2.20. The SMILES string of the molecule is CN1[CH-]N(c2[c-]c(Oc3[c-]c4c(cc3)c3ccccc3n4C3=CC=CC[N-]3)cc(C(C)(C)C)c2)c2ccccc21.[Pt+4]. The smallest absolute Gasteiger partial charge is 0.509 e. The molecular formula is C35H30N4OPt. The van der Waals surface area contributed by atoms with E-state index in [9.17, 15) is 0 Å². The second-order valence-electron chi connectivity index (χ2n) is 11.3. The normalized spacial score (nSPS) is 14.6. The molecule has 2 aliphatic heterocycles. The standard InChI is InChI=1S/C35H30N4O.Pt/c1-35(2,3)24-19-25(38-23-37(4)31-13-7-8-14-32(31)38)21-27(20-24)40-26-16-17-29-28-11-5-6-12-30(28)39(33(29)22-26)34-15-9-10-18-36-34;/h5-17,19-20,23H,18H2,1-4H3;/q-4;+4. The van der Waals surface area contributed by atoms with Gasteiger partial charge in [-0.2, -0.15) is 12.7 Å². The first kappa shape index (κ1) is 27.2. The molecule has 1 aromatic heterocycles. The van der Waals surface area contributed by atoms with E-state index in [1.807, 2.05) is 12.1 Å². The van der Waals surface area contributed by atoms with Crippen LogP contribution in [-0.2, 0) is 26.5 Å². The molecule has 0 spiro atoms. The molecule has 4 aromatic carbocycles. The summed E-state index contributed by atoms with van der Waals surface area (Å²) >= 11 is 0. The summed E-state index contributed by atoms with van der Waals surface area (Å²) in [5.41, 5.74) is 6.36. The van der Waals surface area contributed by atoms with Crippen LogP contribution in [0, 0.1) is 18.8 Å². The summed E-state index contributed by atoms with van der Waals surface area (Å²) < 4.78 is 8.71. The Bertz CT molecular complexity index is 1830. The molecule has 0 bridgehead atoms. The number of ether oxygens (including phenoxy) is 1. The fraction of sp³-hybridized carbons (Fsp3) is 0.171. The molecule has 41 heavy (non-hydrogen) atoms. The Kier molecular flexibility index (Phi) is 6.95. The van der Waals surface area contributed by atoms with Crippen molar-refractivity contribution < 1.29 is 25.8 Å².